The lowest BCUT2D eigenvalue weighted by molar-refractivity contribution is 0.769. The SMILES string of the molecule is Cn1ccc(-c2nc(N)c(SC3CCCC3)nc2-c2cc(Cl)c3ncccc3c2)n1. The Kier molecular flexibility index (Phi) is 5.08. The number of aromatic nitrogens is 5. The summed E-state index contributed by atoms with van der Waals surface area (Å²) in [6.45, 7) is 0. The third kappa shape index (κ3) is 3.63. The van der Waals surface area contributed by atoms with Gasteiger partial charge in [-0.05, 0) is 37.1 Å². The lowest BCUT2D eigenvalue weighted by atomic mass is 10.0. The van der Waals surface area contributed by atoms with Gasteiger partial charge in [-0.15, -0.1) is 0 Å². The Morgan fingerprint density at radius 2 is 1.97 bits per heavy atom. The number of halogens is 1. The highest BCUT2D eigenvalue weighted by Crippen LogP contribution is 2.40. The Morgan fingerprint density at radius 1 is 1.13 bits per heavy atom. The second-order valence-electron chi connectivity index (χ2n) is 7.54. The molecule has 0 unspecified atom stereocenters. The van der Waals surface area contributed by atoms with Gasteiger partial charge in [-0.2, -0.15) is 5.10 Å². The number of nitrogens with zero attached hydrogens (tertiary/aromatic N) is 5. The fraction of sp³-hybridized carbons (Fsp3) is 0.273. The zero-order valence-corrected chi connectivity index (χ0v) is 18.1. The van der Waals surface area contributed by atoms with Crippen molar-refractivity contribution >= 4 is 40.1 Å². The van der Waals surface area contributed by atoms with Crippen LogP contribution in [0.2, 0.25) is 5.02 Å². The summed E-state index contributed by atoms with van der Waals surface area (Å²) in [6, 6.07) is 9.76. The lowest BCUT2D eigenvalue weighted by Gasteiger charge is -2.14. The zero-order chi connectivity index (χ0) is 20.7. The Hall–Kier alpha value is -2.64. The van der Waals surface area contributed by atoms with Gasteiger partial charge in [-0.25, -0.2) is 9.97 Å². The number of thioether (sulfide) groups is 1. The lowest BCUT2D eigenvalue weighted by Crippen LogP contribution is -2.05. The van der Waals surface area contributed by atoms with E-state index in [1.54, 1.807) is 22.6 Å². The minimum Gasteiger partial charge on any atom is -0.381 e. The van der Waals surface area contributed by atoms with Gasteiger partial charge in [0.15, 0.2) is 5.82 Å². The highest BCUT2D eigenvalue weighted by Gasteiger charge is 2.22. The first kappa shape index (κ1) is 19.3. The maximum Gasteiger partial charge on any atom is 0.156 e. The summed E-state index contributed by atoms with van der Waals surface area (Å²) in [4.78, 5) is 14.1. The number of hydrogen-bond acceptors (Lipinski definition) is 6. The molecule has 3 aromatic heterocycles. The molecule has 0 saturated heterocycles. The molecule has 0 aliphatic heterocycles. The maximum atomic E-state index is 6.56. The highest BCUT2D eigenvalue weighted by molar-refractivity contribution is 8.00. The molecule has 1 fully saturated rings. The molecule has 6 nitrogen and oxygen atoms in total. The smallest absolute Gasteiger partial charge is 0.156 e. The van der Waals surface area contributed by atoms with E-state index in [1.807, 2.05) is 43.6 Å². The maximum absolute atomic E-state index is 6.56. The number of nitrogen functional groups attached to an aromatic ring is 1. The number of benzene rings is 1. The van der Waals surface area contributed by atoms with Crippen LogP contribution in [0.3, 0.4) is 0 Å². The molecule has 0 radical (unpaired) electrons. The Balaban J connectivity index is 1.69. The minimum absolute atomic E-state index is 0.449. The van der Waals surface area contributed by atoms with E-state index < -0.39 is 0 Å². The molecule has 0 bridgehead atoms. The van der Waals surface area contributed by atoms with E-state index in [-0.39, 0.29) is 0 Å². The summed E-state index contributed by atoms with van der Waals surface area (Å²) < 4.78 is 1.75. The quantitative estimate of drug-likeness (QED) is 0.463. The van der Waals surface area contributed by atoms with Crippen LogP contribution in [-0.2, 0) is 7.05 Å². The second kappa shape index (κ2) is 7.89. The molecule has 1 aliphatic carbocycles. The van der Waals surface area contributed by atoms with Crippen LogP contribution in [0.15, 0.2) is 47.8 Å². The molecule has 0 atom stereocenters. The molecule has 1 saturated carbocycles. The van der Waals surface area contributed by atoms with E-state index in [2.05, 4.69) is 10.1 Å². The standard InChI is InChI=1S/C22H21ClN6S/c1-29-10-8-17(28-29)20-19(14-11-13-5-4-9-25-18(13)16(23)12-14)27-22(21(24)26-20)30-15-6-2-3-7-15/h4-5,8-12,15H,2-3,6-7H2,1H3,(H2,24,26). The number of aryl methyl sites for hydroxylation is 1. The van der Waals surface area contributed by atoms with Crippen molar-refractivity contribution in [3.63, 3.8) is 0 Å². The molecule has 5 rings (SSSR count). The number of anilines is 1. The third-order valence-electron chi connectivity index (χ3n) is 5.36. The molecule has 4 aromatic rings. The van der Waals surface area contributed by atoms with Crippen LogP contribution in [0.4, 0.5) is 5.82 Å². The van der Waals surface area contributed by atoms with Gasteiger partial charge in [-0.3, -0.25) is 9.67 Å². The van der Waals surface area contributed by atoms with Crippen molar-refractivity contribution < 1.29 is 0 Å². The molecule has 3 heterocycles. The van der Waals surface area contributed by atoms with Crippen LogP contribution in [0.1, 0.15) is 25.7 Å². The van der Waals surface area contributed by atoms with E-state index in [0.717, 1.165) is 32.9 Å². The third-order valence-corrected chi connectivity index (χ3v) is 6.97. The average Bonchev–Trinajstić information content (AvgIpc) is 3.41. The summed E-state index contributed by atoms with van der Waals surface area (Å²) in [5.74, 6) is 0.449. The summed E-state index contributed by atoms with van der Waals surface area (Å²) in [5.41, 5.74) is 10.1. The summed E-state index contributed by atoms with van der Waals surface area (Å²) in [7, 11) is 1.88. The Labute approximate surface area is 183 Å². The first-order valence-corrected chi connectivity index (χ1v) is 11.2. The molecule has 1 aliphatic rings. The first-order valence-electron chi connectivity index (χ1n) is 9.97. The van der Waals surface area contributed by atoms with Crippen LogP contribution in [-0.4, -0.2) is 30.0 Å². The molecule has 8 heteroatoms. The molecule has 2 N–H and O–H groups in total. The van der Waals surface area contributed by atoms with Crippen molar-refractivity contribution in [2.75, 3.05) is 5.73 Å². The molecule has 0 amide bonds. The summed E-state index contributed by atoms with van der Waals surface area (Å²) >= 11 is 8.30. The largest absolute Gasteiger partial charge is 0.381 e. The fourth-order valence-electron chi connectivity index (χ4n) is 3.89. The predicted molar refractivity (Wildman–Crippen MR) is 123 cm³/mol. The Morgan fingerprint density at radius 3 is 2.73 bits per heavy atom. The number of fused-ring (bicyclic) bond motifs is 1. The van der Waals surface area contributed by atoms with E-state index in [0.29, 0.717) is 21.8 Å². The number of hydrogen-bond donors (Lipinski definition) is 1. The van der Waals surface area contributed by atoms with E-state index in [1.165, 1.54) is 25.7 Å². The van der Waals surface area contributed by atoms with Crippen LogP contribution in [0.5, 0.6) is 0 Å². The van der Waals surface area contributed by atoms with Gasteiger partial charge in [-0.1, -0.05) is 42.3 Å². The normalized spacial score (nSPS) is 14.6. The summed E-state index contributed by atoms with van der Waals surface area (Å²) in [5, 5.41) is 7.39. The monoisotopic (exact) mass is 436 g/mol. The second-order valence-corrected chi connectivity index (χ2v) is 9.24. The van der Waals surface area contributed by atoms with E-state index in [9.17, 15) is 0 Å². The Bertz CT molecular complexity index is 1230. The van der Waals surface area contributed by atoms with Gasteiger partial charge in [0.2, 0.25) is 0 Å². The van der Waals surface area contributed by atoms with Gasteiger partial charge in [0.1, 0.15) is 16.4 Å². The van der Waals surface area contributed by atoms with Gasteiger partial charge in [0.25, 0.3) is 0 Å². The van der Waals surface area contributed by atoms with Crippen molar-refractivity contribution in [3.05, 3.63) is 47.7 Å². The fourth-order valence-corrected chi connectivity index (χ4v) is 5.36. The van der Waals surface area contributed by atoms with Crippen molar-refractivity contribution in [3.8, 4) is 22.6 Å². The number of pyridine rings is 1. The van der Waals surface area contributed by atoms with Crippen LogP contribution >= 0.6 is 23.4 Å². The topological polar surface area (TPSA) is 82.5 Å². The van der Waals surface area contributed by atoms with Crippen molar-refractivity contribution in [1.29, 1.82) is 0 Å². The first-order chi connectivity index (χ1) is 14.6. The zero-order valence-electron chi connectivity index (χ0n) is 16.5. The van der Waals surface area contributed by atoms with Crippen molar-refractivity contribution in [1.82, 2.24) is 24.7 Å². The molecule has 0 spiro atoms. The van der Waals surface area contributed by atoms with Crippen LogP contribution in [0, 0.1) is 0 Å². The van der Waals surface area contributed by atoms with Gasteiger partial charge in [0.05, 0.1) is 16.2 Å². The van der Waals surface area contributed by atoms with E-state index in [4.69, 9.17) is 27.3 Å². The van der Waals surface area contributed by atoms with Crippen molar-refractivity contribution in [2.24, 2.45) is 7.05 Å². The van der Waals surface area contributed by atoms with Crippen molar-refractivity contribution in [2.45, 2.75) is 36.0 Å². The van der Waals surface area contributed by atoms with Gasteiger partial charge >= 0.3 is 0 Å². The number of nitrogens with two attached hydrogens (primary N) is 1. The van der Waals surface area contributed by atoms with Crippen LogP contribution < -0.4 is 5.73 Å². The van der Waals surface area contributed by atoms with Crippen LogP contribution in [0.25, 0.3) is 33.5 Å². The molecular weight excluding hydrogens is 416 g/mol. The molecule has 1 aromatic carbocycles. The van der Waals surface area contributed by atoms with Gasteiger partial charge in [0, 0.05) is 35.6 Å². The highest BCUT2D eigenvalue weighted by atomic mass is 35.5. The minimum atomic E-state index is 0.449. The molecule has 30 heavy (non-hydrogen) atoms. The molecular formula is C22H21ClN6S. The van der Waals surface area contributed by atoms with Gasteiger partial charge < -0.3 is 5.73 Å². The van der Waals surface area contributed by atoms with E-state index >= 15 is 0 Å². The average molecular weight is 437 g/mol. The molecule has 152 valence electrons. The number of rotatable bonds is 4. The predicted octanol–water partition coefficient (Wildman–Crippen LogP) is 5.36. The summed E-state index contributed by atoms with van der Waals surface area (Å²) in [6.07, 6.45) is 8.53.